The molecule has 0 aliphatic carbocycles. The quantitative estimate of drug-likeness (QED) is 0.708. The summed E-state index contributed by atoms with van der Waals surface area (Å²) in [5.74, 6) is 0. The minimum absolute atomic E-state index is 0.332. The first-order chi connectivity index (χ1) is 11.5. The van der Waals surface area contributed by atoms with Crippen molar-refractivity contribution < 1.29 is 8.42 Å². The average Bonchev–Trinajstić information content (AvgIpc) is 2.60. The second-order valence-corrected chi connectivity index (χ2v) is 7.67. The van der Waals surface area contributed by atoms with Gasteiger partial charge in [0.2, 0.25) is 10.0 Å². The van der Waals surface area contributed by atoms with Gasteiger partial charge < -0.3 is 4.90 Å². The zero-order chi connectivity index (χ0) is 17.4. The van der Waals surface area contributed by atoms with Crippen LogP contribution in [0.3, 0.4) is 0 Å². The van der Waals surface area contributed by atoms with E-state index in [2.05, 4.69) is 16.5 Å². The molecule has 2 aromatic carbocycles. The van der Waals surface area contributed by atoms with E-state index in [1.54, 1.807) is 12.1 Å². The molecule has 0 aliphatic heterocycles. The molecule has 0 spiro atoms. The average molecular weight is 346 g/mol. The lowest BCUT2D eigenvalue weighted by Crippen LogP contribution is -2.28. The third kappa shape index (κ3) is 5.35. The molecule has 0 atom stereocenters. The van der Waals surface area contributed by atoms with Crippen LogP contribution in [0.2, 0.25) is 0 Å². The molecule has 0 saturated carbocycles. The highest BCUT2D eigenvalue weighted by Crippen LogP contribution is 2.13. The van der Waals surface area contributed by atoms with Crippen LogP contribution in [0.25, 0.3) is 0 Å². The van der Waals surface area contributed by atoms with Gasteiger partial charge in [-0.05, 0) is 42.7 Å². The molecule has 0 saturated heterocycles. The van der Waals surface area contributed by atoms with Crippen molar-refractivity contribution in [3.8, 4) is 0 Å². The molecular weight excluding hydrogens is 320 g/mol. The van der Waals surface area contributed by atoms with Gasteiger partial charge in [-0.15, -0.1) is 0 Å². The first-order valence-electron chi connectivity index (χ1n) is 8.37. The molecule has 0 aliphatic rings. The van der Waals surface area contributed by atoms with Gasteiger partial charge in [-0.25, -0.2) is 13.1 Å². The molecule has 0 radical (unpaired) electrons. The van der Waals surface area contributed by atoms with Gasteiger partial charge >= 0.3 is 0 Å². The van der Waals surface area contributed by atoms with Gasteiger partial charge in [0.25, 0.3) is 0 Å². The fraction of sp³-hybridized carbons (Fsp3) is 0.368. The molecule has 5 heteroatoms. The Hall–Kier alpha value is -1.85. The second kappa shape index (κ2) is 8.85. The molecule has 130 valence electrons. The number of para-hydroxylation sites is 1. The largest absolute Gasteiger partial charge is 0.375 e. The third-order valence-electron chi connectivity index (χ3n) is 3.93. The number of rotatable bonds is 9. The van der Waals surface area contributed by atoms with E-state index < -0.39 is 10.0 Å². The van der Waals surface area contributed by atoms with Crippen LogP contribution in [0.1, 0.15) is 25.3 Å². The van der Waals surface area contributed by atoms with Crippen LogP contribution in [0.4, 0.5) is 5.69 Å². The van der Waals surface area contributed by atoms with Crippen LogP contribution < -0.4 is 9.62 Å². The topological polar surface area (TPSA) is 49.4 Å². The number of sulfonamides is 1. The molecule has 1 N–H and O–H groups in total. The number of nitrogens with zero attached hydrogens (tertiary/aromatic N) is 1. The van der Waals surface area contributed by atoms with Crippen molar-refractivity contribution >= 4 is 15.7 Å². The van der Waals surface area contributed by atoms with Gasteiger partial charge in [0, 0.05) is 25.8 Å². The Labute approximate surface area is 145 Å². The monoisotopic (exact) mass is 346 g/mol. The molecular formula is C19H26N2O2S. The molecule has 0 amide bonds. The van der Waals surface area contributed by atoms with Crippen molar-refractivity contribution in [1.29, 1.82) is 0 Å². The third-order valence-corrected chi connectivity index (χ3v) is 5.41. The smallest absolute Gasteiger partial charge is 0.240 e. The summed E-state index contributed by atoms with van der Waals surface area (Å²) in [5, 5.41) is 0. The lowest BCUT2D eigenvalue weighted by atomic mass is 10.1. The number of hydrogen-bond acceptors (Lipinski definition) is 3. The van der Waals surface area contributed by atoms with Crippen LogP contribution in [0.15, 0.2) is 59.5 Å². The molecule has 0 heterocycles. The summed E-state index contributed by atoms with van der Waals surface area (Å²) >= 11 is 0. The predicted octanol–water partition coefficient (Wildman–Crippen LogP) is 3.44. The van der Waals surface area contributed by atoms with E-state index in [1.165, 1.54) is 5.56 Å². The number of anilines is 1. The van der Waals surface area contributed by atoms with Crippen molar-refractivity contribution in [2.24, 2.45) is 0 Å². The van der Waals surface area contributed by atoms with Gasteiger partial charge in [-0.1, -0.05) is 43.7 Å². The number of benzene rings is 2. The summed E-state index contributed by atoms with van der Waals surface area (Å²) < 4.78 is 27.3. The van der Waals surface area contributed by atoms with Crippen molar-refractivity contribution in [1.82, 2.24) is 4.72 Å². The van der Waals surface area contributed by atoms with E-state index >= 15 is 0 Å². The van der Waals surface area contributed by atoms with Crippen LogP contribution in [-0.2, 0) is 16.4 Å². The van der Waals surface area contributed by atoms with Crippen molar-refractivity contribution in [2.45, 2.75) is 31.1 Å². The normalized spacial score (nSPS) is 11.4. The minimum atomic E-state index is -3.42. The van der Waals surface area contributed by atoms with Crippen LogP contribution >= 0.6 is 0 Å². The fourth-order valence-corrected chi connectivity index (χ4v) is 3.62. The molecule has 0 bridgehead atoms. The maximum atomic E-state index is 12.3. The van der Waals surface area contributed by atoms with E-state index in [-0.39, 0.29) is 0 Å². The van der Waals surface area contributed by atoms with Crippen molar-refractivity contribution in [3.63, 3.8) is 0 Å². The molecule has 0 aromatic heterocycles. The predicted molar refractivity (Wildman–Crippen MR) is 100.0 cm³/mol. The summed E-state index contributed by atoms with van der Waals surface area (Å²) in [6, 6.07) is 17.2. The molecule has 0 fully saturated rings. The molecule has 2 aromatic rings. The van der Waals surface area contributed by atoms with Crippen LogP contribution in [-0.4, -0.2) is 28.6 Å². The Balaban J connectivity index is 1.82. The lowest BCUT2D eigenvalue weighted by molar-refractivity contribution is 0.579. The molecule has 2 rings (SSSR count). The van der Waals surface area contributed by atoms with Gasteiger partial charge in [0.05, 0.1) is 4.90 Å². The standard InChI is InChI=1S/C19H26N2O2S/c1-3-8-17-11-13-19(14-12-17)24(22,23)20-15-7-16-21(2)18-9-5-4-6-10-18/h4-6,9-14,20H,3,7-8,15-16H2,1-2H3. The lowest BCUT2D eigenvalue weighted by Gasteiger charge is -2.19. The summed E-state index contributed by atoms with van der Waals surface area (Å²) in [6.07, 6.45) is 2.78. The van der Waals surface area contributed by atoms with E-state index in [0.29, 0.717) is 11.4 Å². The highest BCUT2D eigenvalue weighted by molar-refractivity contribution is 7.89. The van der Waals surface area contributed by atoms with Crippen LogP contribution in [0, 0.1) is 0 Å². The molecule has 24 heavy (non-hydrogen) atoms. The maximum Gasteiger partial charge on any atom is 0.240 e. The summed E-state index contributed by atoms with van der Waals surface area (Å²) in [6.45, 7) is 3.33. The van der Waals surface area contributed by atoms with E-state index in [4.69, 9.17) is 0 Å². The fourth-order valence-electron chi connectivity index (χ4n) is 2.54. The second-order valence-electron chi connectivity index (χ2n) is 5.90. The van der Waals surface area contributed by atoms with E-state index in [1.807, 2.05) is 49.5 Å². The first-order valence-corrected chi connectivity index (χ1v) is 9.86. The zero-order valence-corrected chi connectivity index (χ0v) is 15.2. The van der Waals surface area contributed by atoms with Crippen molar-refractivity contribution in [2.75, 3.05) is 25.0 Å². The highest BCUT2D eigenvalue weighted by atomic mass is 32.2. The Kier molecular flexibility index (Phi) is 6.82. The Morgan fingerprint density at radius 1 is 1.00 bits per heavy atom. The number of hydrogen-bond donors (Lipinski definition) is 1. The Morgan fingerprint density at radius 2 is 1.67 bits per heavy atom. The van der Waals surface area contributed by atoms with Gasteiger partial charge in [0.1, 0.15) is 0 Å². The number of aryl methyl sites for hydroxylation is 1. The molecule has 0 unspecified atom stereocenters. The summed E-state index contributed by atoms with van der Waals surface area (Å²) in [7, 11) is -1.41. The highest BCUT2D eigenvalue weighted by Gasteiger charge is 2.13. The van der Waals surface area contributed by atoms with Gasteiger partial charge in [0.15, 0.2) is 0 Å². The van der Waals surface area contributed by atoms with Crippen LogP contribution in [0.5, 0.6) is 0 Å². The summed E-state index contributed by atoms with van der Waals surface area (Å²) in [4.78, 5) is 2.45. The Morgan fingerprint density at radius 3 is 2.29 bits per heavy atom. The maximum absolute atomic E-state index is 12.3. The first kappa shape index (κ1) is 18.5. The SMILES string of the molecule is CCCc1ccc(S(=O)(=O)NCCCN(C)c2ccccc2)cc1. The Bertz CT molecular complexity index is 713. The van der Waals surface area contributed by atoms with E-state index in [9.17, 15) is 8.42 Å². The summed E-state index contributed by atoms with van der Waals surface area (Å²) in [5.41, 5.74) is 2.30. The van der Waals surface area contributed by atoms with Gasteiger partial charge in [-0.3, -0.25) is 0 Å². The van der Waals surface area contributed by atoms with Crippen molar-refractivity contribution in [3.05, 3.63) is 60.2 Å². The van der Waals surface area contributed by atoms with E-state index in [0.717, 1.165) is 31.5 Å². The molecule has 4 nitrogen and oxygen atoms in total. The zero-order valence-electron chi connectivity index (χ0n) is 14.4. The van der Waals surface area contributed by atoms with Gasteiger partial charge in [-0.2, -0.15) is 0 Å². The minimum Gasteiger partial charge on any atom is -0.375 e. The number of nitrogens with one attached hydrogen (secondary N) is 1.